The van der Waals surface area contributed by atoms with Crippen LogP contribution in [0.2, 0.25) is 0 Å². The Bertz CT molecular complexity index is 1070. The molecule has 1 heterocycles. The minimum absolute atomic E-state index is 0.0147. The van der Waals surface area contributed by atoms with Crippen LogP contribution in [0.5, 0.6) is 11.5 Å². The molecule has 0 unspecified atom stereocenters. The molecule has 33 heavy (non-hydrogen) atoms. The monoisotopic (exact) mass is 471 g/mol. The number of aromatic nitrogens is 2. The molecule has 0 spiro atoms. The van der Waals surface area contributed by atoms with E-state index in [1.807, 2.05) is 31.2 Å². The summed E-state index contributed by atoms with van der Waals surface area (Å²) < 4.78 is 39.1. The first kappa shape index (κ1) is 24.6. The fourth-order valence-corrected chi connectivity index (χ4v) is 4.94. The first-order chi connectivity index (χ1) is 15.8. The quantitative estimate of drug-likeness (QED) is 0.459. The van der Waals surface area contributed by atoms with E-state index in [1.54, 1.807) is 50.9 Å². The summed E-state index contributed by atoms with van der Waals surface area (Å²) in [5.41, 5.74) is 2.48. The first-order valence-electron chi connectivity index (χ1n) is 10.5. The standard InChI is InChI=1S/C24H29N3O5S/c1-18-13-25-24(26-14-18)12-23(17-28)33(29,30)27(15-19-4-8-21(31-2)9-5-19)16-20-6-10-22(32-3)11-7-20/h4-11,13-14,23,28H,12,15-17H2,1-3H3/t23-/m0/s1. The van der Waals surface area contributed by atoms with E-state index in [2.05, 4.69) is 9.97 Å². The van der Waals surface area contributed by atoms with Crippen LogP contribution in [-0.4, -0.2) is 53.9 Å². The number of hydrogen-bond acceptors (Lipinski definition) is 7. The molecule has 8 nitrogen and oxygen atoms in total. The molecule has 1 atom stereocenters. The molecule has 1 N–H and O–H groups in total. The van der Waals surface area contributed by atoms with Gasteiger partial charge < -0.3 is 14.6 Å². The maximum atomic E-state index is 13.6. The first-order valence-corrected chi connectivity index (χ1v) is 12.0. The number of ether oxygens (including phenoxy) is 2. The van der Waals surface area contributed by atoms with Crippen molar-refractivity contribution in [2.45, 2.75) is 31.7 Å². The Morgan fingerprint density at radius 1 is 0.879 bits per heavy atom. The molecule has 3 rings (SSSR count). The lowest BCUT2D eigenvalue weighted by Crippen LogP contribution is -2.41. The molecule has 0 saturated heterocycles. The van der Waals surface area contributed by atoms with Crippen LogP contribution in [0.15, 0.2) is 60.9 Å². The fourth-order valence-electron chi connectivity index (χ4n) is 3.31. The Morgan fingerprint density at radius 2 is 1.33 bits per heavy atom. The van der Waals surface area contributed by atoms with Crippen LogP contribution in [-0.2, 0) is 29.5 Å². The normalized spacial score (nSPS) is 12.5. The summed E-state index contributed by atoms with van der Waals surface area (Å²) in [7, 11) is -0.753. The van der Waals surface area contributed by atoms with Crippen molar-refractivity contribution in [2.75, 3.05) is 20.8 Å². The molecule has 2 aromatic carbocycles. The van der Waals surface area contributed by atoms with Gasteiger partial charge in [-0.05, 0) is 47.9 Å². The molecule has 0 aliphatic rings. The second-order valence-electron chi connectivity index (χ2n) is 7.69. The second-order valence-corrected chi connectivity index (χ2v) is 9.91. The van der Waals surface area contributed by atoms with Crippen molar-refractivity contribution in [3.8, 4) is 11.5 Å². The van der Waals surface area contributed by atoms with E-state index in [0.717, 1.165) is 16.7 Å². The summed E-state index contributed by atoms with van der Waals surface area (Å²) in [5.74, 6) is 1.75. The lowest BCUT2D eigenvalue weighted by molar-refractivity contribution is 0.279. The van der Waals surface area contributed by atoms with Crippen LogP contribution >= 0.6 is 0 Å². The molecule has 0 radical (unpaired) electrons. The highest BCUT2D eigenvalue weighted by atomic mass is 32.2. The highest BCUT2D eigenvalue weighted by Gasteiger charge is 2.33. The second kappa shape index (κ2) is 11.2. The van der Waals surface area contributed by atoms with Gasteiger partial charge in [-0.1, -0.05) is 24.3 Å². The number of sulfonamides is 1. The third-order valence-electron chi connectivity index (χ3n) is 5.27. The SMILES string of the molecule is COc1ccc(CN(Cc2ccc(OC)cc2)S(=O)(=O)[C@H](CO)Cc2ncc(C)cn2)cc1. The Labute approximate surface area is 194 Å². The van der Waals surface area contributed by atoms with Crippen LogP contribution in [0.1, 0.15) is 22.5 Å². The number of aryl methyl sites for hydroxylation is 1. The van der Waals surface area contributed by atoms with Crippen molar-refractivity contribution in [2.24, 2.45) is 0 Å². The third-order valence-corrected chi connectivity index (χ3v) is 7.40. The molecule has 0 aliphatic carbocycles. The van der Waals surface area contributed by atoms with E-state index >= 15 is 0 Å². The van der Waals surface area contributed by atoms with Crippen molar-refractivity contribution < 1.29 is 23.0 Å². The molecular weight excluding hydrogens is 442 g/mol. The van der Waals surface area contributed by atoms with E-state index in [4.69, 9.17) is 9.47 Å². The molecule has 0 aliphatic heterocycles. The maximum absolute atomic E-state index is 13.6. The summed E-state index contributed by atoms with van der Waals surface area (Å²) in [6.07, 6.45) is 3.28. The number of benzene rings is 2. The topological polar surface area (TPSA) is 102 Å². The fraction of sp³-hybridized carbons (Fsp3) is 0.333. The smallest absolute Gasteiger partial charge is 0.220 e. The summed E-state index contributed by atoms with van der Waals surface area (Å²) in [6, 6.07) is 14.5. The average Bonchev–Trinajstić information content (AvgIpc) is 2.84. The Morgan fingerprint density at radius 3 is 1.73 bits per heavy atom. The molecule has 9 heteroatoms. The van der Waals surface area contributed by atoms with Crippen LogP contribution < -0.4 is 9.47 Å². The minimum atomic E-state index is -3.91. The lowest BCUT2D eigenvalue weighted by Gasteiger charge is -2.27. The van der Waals surface area contributed by atoms with Gasteiger partial charge in [0.15, 0.2) is 0 Å². The number of hydrogen-bond donors (Lipinski definition) is 1. The highest BCUT2D eigenvalue weighted by Crippen LogP contribution is 2.22. The van der Waals surface area contributed by atoms with Crippen molar-refractivity contribution in [3.63, 3.8) is 0 Å². The van der Waals surface area contributed by atoms with E-state index in [1.165, 1.54) is 4.31 Å². The molecule has 176 valence electrons. The van der Waals surface area contributed by atoms with Crippen LogP contribution in [0.4, 0.5) is 0 Å². The van der Waals surface area contributed by atoms with Gasteiger partial charge in [0.1, 0.15) is 22.6 Å². The summed E-state index contributed by atoms with van der Waals surface area (Å²) in [4.78, 5) is 8.42. The van der Waals surface area contributed by atoms with Crippen molar-refractivity contribution >= 4 is 10.0 Å². The number of aliphatic hydroxyl groups excluding tert-OH is 1. The number of methoxy groups -OCH3 is 2. The maximum Gasteiger partial charge on any atom is 0.220 e. The van der Waals surface area contributed by atoms with Gasteiger partial charge in [0.05, 0.1) is 20.8 Å². The number of nitrogens with zero attached hydrogens (tertiary/aromatic N) is 3. The Hall–Kier alpha value is -3.01. The average molecular weight is 472 g/mol. The van der Waals surface area contributed by atoms with Gasteiger partial charge >= 0.3 is 0 Å². The van der Waals surface area contributed by atoms with Gasteiger partial charge in [-0.3, -0.25) is 0 Å². The molecular formula is C24H29N3O5S. The molecule has 0 saturated carbocycles. The zero-order valence-electron chi connectivity index (χ0n) is 19.0. The van der Waals surface area contributed by atoms with Crippen molar-refractivity contribution in [3.05, 3.63) is 83.4 Å². The molecule has 0 amide bonds. The predicted molar refractivity (Wildman–Crippen MR) is 126 cm³/mol. The van der Waals surface area contributed by atoms with Gasteiger partial charge in [0.25, 0.3) is 0 Å². The third kappa shape index (κ3) is 6.50. The number of aliphatic hydroxyl groups is 1. The Balaban J connectivity index is 1.90. The summed E-state index contributed by atoms with van der Waals surface area (Å²) in [5, 5.41) is 8.93. The van der Waals surface area contributed by atoms with Gasteiger partial charge in [-0.25, -0.2) is 18.4 Å². The van der Waals surface area contributed by atoms with E-state index < -0.39 is 21.9 Å². The molecule has 1 aromatic heterocycles. The molecule has 3 aromatic rings. The lowest BCUT2D eigenvalue weighted by atomic mass is 10.2. The van der Waals surface area contributed by atoms with Gasteiger partial charge in [-0.2, -0.15) is 4.31 Å². The molecule has 0 fully saturated rings. The zero-order valence-corrected chi connectivity index (χ0v) is 19.8. The van der Waals surface area contributed by atoms with E-state index in [0.29, 0.717) is 17.3 Å². The Kier molecular flexibility index (Phi) is 8.37. The number of rotatable bonds is 11. The van der Waals surface area contributed by atoms with E-state index in [-0.39, 0.29) is 19.5 Å². The predicted octanol–water partition coefficient (Wildman–Crippen LogP) is 2.74. The van der Waals surface area contributed by atoms with E-state index in [9.17, 15) is 13.5 Å². The molecule has 0 bridgehead atoms. The van der Waals surface area contributed by atoms with Crippen LogP contribution in [0, 0.1) is 6.92 Å². The summed E-state index contributed by atoms with van der Waals surface area (Å²) >= 11 is 0. The van der Waals surface area contributed by atoms with Gasteiger partial charge in [0.2, 0.25) is 10.0 Å². The van der Waals surface area contributed by atoms with Gasteiger partial charge in [-0.15, -0.1) is 0 Å². The zero-order chi connectivity index (χ0) is 23.8. The van der Waals surface area contributed by atoms with Gasteiger partial charge in [0, 0.05) is 31.9 Å². The van der Waals surface area contributed by atoms with Crippen LogP contribution in [0.25, 0.3) is 0 Å². The highest BCUT2D eigenvalue weighted by molar-refractivity contribution is 7.89. The van der Waals surface area contributed by atoms with Crippen LogP contribution in [0.3, 0.4) is 0 Å². The largest absolute Gasteiger partial charge is 0.497 e. The minimum Gasteiger partial charge on any atom is -0.497 e. The van der Waals surface area contributed by atoms with Crippen molar-refractivity contribution in [1.82, 2.24) is 14.3 Å². The summed E-state index contributed by atoms with van der Waals surface area (Å²) in [6.45, 7) is 1.60. The van der Waals surface area contributed by atoms with Crippen molar-refractivity contribution in [1.29, 1.82) is 0 Å².